The predicted octanol–water partition coefficient (Wildman–Crippen LogP) is 3.45. The summed E-state index contributed by atoms with van der Waals surface area (Å²) in [7, 11) is 0. The Bertz CT molecular complexity index is 90.2. The van der Waals surface area contributed by atoms with Crippen LogP contribution in [-0.4, -0.2) is 0 Å². The smallest absolute Gasteiger partial charge is 0.0290 e. The van der Waals surface area contributed by atoms with E-state index in [0.717, 1.165) is 12.3 Å². The number of allylic oxidation sites excluding steroid dienone is 2. The summed E-state index contributed by atoms with van der Waals surface area (Å²) in [6.07, 6.45) is 6.75. The minimum Gasteiger partial charge on any atom is -0.0880 e. The normalized spacial score (nSPS) is 14.9. The molecule has 0 aromatic carbocycles. The van der Waals surface area contributed by atoms with Crippen molar-refractivity contribution in [1.82, 2.24) is 0 Å². The van der Waals surface area contributed by atoms with Crippen molar-refractivity contribution >= 4 is 0 Å². The van der Waals surface area contributed by atoms with Gasteiger partial charge in [-0.2, -0.15) is 0 Å². The first-order valence-corrected chi connectivity index (χ1v) is 4.12. The lowest BCUT2D eigenvalue weighted by atomic mass is 10.0. The highest BCUT2D eigenvalue weighted by Gasteiger charge is 1.93. The van der Waals surface area contributed by atoms with Gasteiger partial charge >= 0.3 is 0 Å². The number of hydrogen-bond acceptors (Lipinski definition) is 0. The maximum absolute atomic E-state index is 3.85. The van der Waals surface area contributed by atoms with E-state index in [0.29, 0.717) is 5.92 Å². The Morgan fingerprint density at radius 2 is 1.90 bits per heavy atom. The second kappa shape index (κ2) is 5.52. The van der Waals surface area contributed by atoms with E-state index in [-0.39, 0.29) is 0 Å². The van der Waals surface area contributed by atoms with Gasteiger partial charge in [-0.1, -0.05) is 46.3 Å². The first-order valence-electron chi connectivity index (χ1n) is 4.12. The summed E-state index contributed by atoms with van der Waals surface area (Å²) in [5.41, 5.74) is 0. The molecule has 0 nitrogen and oxygen atoms in total. The molecule has 0 spiro atoms. The molecule has 0 saturated carbocycles. The molecular formula is C10H19. The largest absolute Gasteiger partial charge is 0.0880 e. The SMILES string of the molecule is [CH2]CC(C)C/C=C/C(C)C. The quantitative estimate of drug-likeness (QED) is 0.523. The van der Waals surface area contributed by atoms with E-state index in [4.69, 9.17) is 0 Å². The summed E-state index contributed by atoms with van der Waals surface area (Å²) in [5.74, 6) is 1.44. The lowest BCUT2D eigenvalue weighted by Gasteiger charge is -2.02. The van der Waals surface area contributed by atoms with Crippen molar-refractivity contribution in [2.75, 3.05) is 0 Å². The van der Waals surface area contributed by atoms with Gasteiger partial charge in [0.2, 0.25) is 0 Å². The minimum absolute atomic E-state index is 0.692. The van der Waals surface area contributed by atoms with Gasteiger partial charge in [-0.05, 0) is 18.3 Å². The highest BCUT2D eigenvalue weighted by Crippen LogP contribution is 2.07. The third kappa shape index (κ3) is 5.87. The average molecular weight is 139 g/mol. The molecule has 0 heteroatoms. The van der Waals surface area contributed by atoms with Crippen molar-refractivity contribution in [3.63, 3.8) is 0 Å². The highest BCUT2D eigenvalue weighted by molar-refractivity contribution is 4.85. The monoisotopic (exact) mass is 139 g/mol. The van der Waals surface area contributed by atoms with Crippen molar-refractivity contribution in [2.24, 2.45) is 11.8 Å². The van der Waals surface area contributed by atoms with Gasteiger partial charge in [-0.25, -0.2) is 0 Å². The van der Waals surface area contributed by atoms with Gasteiger partial charge in [0.05, 0.1) is 0 Å². The van der Waals surface area contributed by atoms with Gasteiger partial charge in [0, 0.05) is 0 Å². The Balaban J connectivity index is 3.33. The van der Waals surface area contributed by atoms with Crippen LogP contribution in [0.4, 0.5) is 0 Å². The molecule has 0 heterocycles. The van der Waals surface area contributed by atoms with E-state index in [1.807, 2.05) is 0 Å². The van der Waals surface area contributed by atoms with Gasteiger partial charge < -0.3 is 0 Å². The van der Waals surface area contributed by atoms with Crippen molar-refractivity contribution < 1.29 is 0 Å². The van der Waals surface area contributed by atoms with Gasteiger partial charge in [-0.15, -0.1) is 0 Å². The lowest BCUT2D eigenvalue weighted by molar-refractivity contribution is 0.598. The van der Waals surface area contributed by atoms with Crippen molar-refractivity contribution in [3.05, 3.63) is 19.1 Å². The van der Waals surface area contributed by atoms with E-state index in [2.05, 4.69) is 39.8 Å². The second-order valence-corrected chi connectivity index (χ2v) is 3.30. The zero-order chi connectivity index (χ0) is 7.98. The maximum atomic E-state index is 3.85. The number of rotatable bonds is 4. The minimum atomic E-state index is 0.692. The van der Waals surface area contributed by atoms with Crippen LogP contribution in [0.2, 0.25) is 0 Å². The molecule has 0 bridgehead atoms. The van der Waals surface area contributed by atoms with Crippen LogP contribution < -0.4 is 0 Å². The fraction of sp³-hybridized carbons (Fsp3) is 0.700. The molecule has 0 aromatic rings. The number of hydrogen-bond donors (Lipinski definition) is 0. The Hall–Kier alpha value is -0.260. The van der Waals surface area contributed by atoms with Crippen LogP contribution in [0.5, 0.6) is 0 Å². The van der Waals surface area contributed by atoms with E-state index in [1.54, 1.807) is 0 Å². The van der Waals surface area contributed by atoms with Crippen LogP contribution in [0.15, 0.2) is 12.2 Å². The van der Waals surface area contributed by atoms with Crippen molar-refractivity contribution in [2.45, 2.75) is 33.6 Å². The van der Waals surface area contributed by atoms with Gasteiger partial charge in [0.25, 0.3) is 0 Å². The molecule has 0 fully saturated rings. The molecule has 1 radical (unpaired) electrons. The lowest BCUT2D eigenvalue weighted by Crippen LogP contribution is -1.88. The first-order chi connectivity index (χ1) is 4.66. The summed E-state index contributed by atoms with van der Waals surface area (Å²) < 4.78 is 0. The highest BCUT2D eigenvalue weighted by atomic mass is 14.0. The summed E-state index contributed by atoms with van der Waals surface area (Å²) in [6.45, 7) is 10.5. The fourth-order valence-corrected chi connectivity index (χ4v) is 0.701. The topological polar surface area (TPSA) is 0 Å². The Morgan fingerprint density at radius 1 is 1.30 bits per heavy atom. The molecule has 59 valence electrons. The molecule has 1 atom stereocenters. The molecule has 0 aliphatic heterocycles. The van der Waals surface area contributed by atoms with Crippen LogP contribution >= 0.6 is 0 Å². The predicted molar refractivity (Wildman–Crippen MR) is 47.7 cm³/mol. The fourth-order valence-electron chi connectivity index (χ4n) is 0.701. The molecule has 0 rings (SSSR count). The summed E-state index contributed by atoms with van der Waals surface area (Å²) in [6, 6.07) is 0. The van der Waals surface area contributed by atoms with Crippen LogP contribution in [0.1, 0.15) is 33.6 Å². The molecule has 0 aliphatic rings. The second-order valence-electron chi connectivity index (χ2n) is 3.30. The Labute approximate surface area is 65.3 Å². The molecule has 1 unspecified atom stereocenters. The van der Waals surface area contributed by atoms with E-state index in [9.17, 15) is 0 Å². The maximum Gasteiger partial charge on any atom is -0.0290 e. The van der Waals surface area contributed by atoms with Crippen LogP contribution in [0, 0.1) is 18.8 Å². The van der Waals surface area contributed by atoms with Crippen LogP contribution in [-0.2, 0) is 0 Å². The summed E-state index contributed by atoms with van der Waals surface area (Å²) >= 11 is 0. The average Bonchev–Trinajstić information content (AvgIpc) is 1.87. The standard InChI is InChI=1S/C10H19/c1-5-10(4)8-6-7-9(2)3/h6-7,9-10H,1,5,8H2,2-4H3/b7-6+. The van der Waals surface area contributed by atoms with Crippen molar-refractivity contribution in [1.29, 1.82) is 0 Å². The van der Waals surface area contributed by atoms with Gasteiger partial charge in [0.15, 0.2) is 0 Å². The molecule has 0 amide bonds. The summed E-state index contributed by atoms with van der Waals surface area (Å²) in [5, 5.41) is 0. The van der Waals surface area contributed by atoms with Gasteiger partial charge in [0.1, 0.15) is 0 Å². The third-order valence-electron chi connectivity index (χ3n) is 1.55. The molecular weight excluding hydrogens is 120 g/mol. The first kappa shape index (κ1) is 9.74. The Morgan fingerprint density at radius 3 is 2.30 bits per heavy atom. The van der Waals surface area contributed by atoms with E-state index < -0.39 is 0 Å². The molecule has 0 N–H and O–H groups in total. The van der Waals surface area contributed by atoms with E-state index in [1.165, 1.54) is 6.42 Å². The van der Waals surface area contributed by atoms with Crippen LogP contribution in [0.25, 0.3) is 0 Å². The molecule has 0 saturated heterocycles. The van der Waals surface area contributed by atoms with Gasteiger partial charge in [-0.3, -0.25) is 0 Å². The molecule has 0 aromatic heterocycles. The molecule has 0 aliphatic carbocycles. The van der Waals surface area contributed by atoms with Crippen molar-refractivity contribution in [3.8, 4) is 0 Å². The van der Waals surface area contributed by atoms with E-state index >= 15 is 0 Å². The summed E-state index contributed by atoms with van der Waals surface area (Å²) in [4.78, 5) is 0. The molecule has 10 heavy (non-hydrogen) atoms. The zero-order valence-corrected chi connectivity index (χ0v) is 7.43. The van der Waals surface area contributed by atoms with Crippen LogP contribution in [0.3, 0.4) is 0 Å². The third-order valence-corrected chi connectivity index (χ3v) is 1.55. The zero-order valence-electron chi connectivity index (χ0n) is 7.43. The Kier molecular flexibility index (Phi) is 5.38.